The van der Waals surface area contributed by atoms with Gasteiger partial charge in [0, 0.05) is 14.7 Å². The molecule has 0 radical (unpaired) electrons. The molecule has 0 saturated carbocycles. The van der Waals surface area contributed by atoms with E-state index in [9.17, 15) is 9.90 Å². The molecule has 134 valence electrons. The monoisotopic (exact) mass is 366 g/mol. The smallest absolute Gasteiger partial charge is 0.449 e. The molecule has 0 spiro atoms. The highest BCUT2D eigenvalue weighted by Crippen LogP contribution is 2.70. The van der Waals surface area contributed by atoms with Crippen molar-refractivity contribution in [3.63, 3.8) is 0 Å². The molecule has 1 N–H and O–H groups in total. The maximum absolute atomic E-state index is 11.8. The van der Waals surface area contributed by atoms with Gasteiger partial charge in [0.2, 0.25) is 0 Å². The average molecular weight is 366 g/mol. The number of hydrogen-bond donors (Lipinski definition) is 1. The van der Waals surface area contributed by atoms with Gasteiger partial charge in [-0.2, -0.15) is 0 Å². The van der Waals surface area contributed by atoms with E-state index in [1.54, 1.807) is 0 Å². The van der Waals surface area contributed by atoms with Crippen molar-refractivity contribution in [2.45, 2.75) is 35.5 Å². The van der Waals surface area contributed by atoms with Crippen molar-refractivity contribution in [2.24, 2.45) is 0 Å². The van der Waals surface area contributed by atoms with E-state index in [1.807, 2.05) is 81.4 Å². The molecule has 0 heterocycles. The third-order valence-corrected chi connectivity index (χ3v) is 7.72. The Morgan fingerprint density at radius 2 is 1.23 bits per heavy atom. The molecule has 0 bridgehead atoms. The third kappa shape index (κ3) is 3.20. The molecule has 0 fully saturated rings. The Kier molecular flexibility index (Phi) is 5.05. The second kappa shape index (κ2) is 7.26. The summed E-state index contributed by atoms with van der Waals surface area (Å²) in [6.45, 7) is 6.09. The molecule has 0 aromatic heterocycles. The predicted octanol–water partition coefficient (Wildman–Crippen LogP) is 6.50. The van der Waals surface area contributed by atoms with Crippen LogP contribution in [0.1, 0.15) is 16.7 Å². The summed E-state index contributed by atoms with van der Waals surface area (Å²) in [4.78, 5) is 14.5. The highest BCUT2D eigenvalue weighted by molar-refractivity contribution is 8.30. The molecule has 0 aliphatic heterocycles. The van der Waals surface area contributed by atoms with E-state index in [-0.39, 0.29) is 0 Å². The summed E-state index contributed by atoms with van der Waals surface area (Å²) in [5, 5.41) is 9.67. The summed E-state index contributed by atoms with van der Waals surface area (Å²) in [6.07, 6.45) is -1.27. The fraction of sp³-hybridized carbons (Fsp3) is 0.136. The molecular formula is C22H22O3S. The van der Waals surface area contributed by atoms with Crippen LogP contribution in [0.5, 0.6) is 0 Å². The summed E-state index contributed by atoms with van der Waals surface area (Å²) in [5.41, 5.74) is 3.21. The molecule has 4 heteroatoms. The fourth-order valence-electron chi connectivity index (χ4n) is 3.46. The molecule has 0 amide bonds. The number of carboxylic acid groups (broad SMARTS) is 1. The van der Waals surface area contributed by atoms with E-state index in [2.05, 4.69) is 12.1 Å². The summed E-state index contributed by atoms with van der Waals surface area (Å²) in [7, 11) is -2.41. The first-order chi connectivity index (χ1) is 12.4. The molecule has 0 aliphatic carbocycles. The number of carbonyl (C=O) groups is 1. The van der Waals surface area contributed by atoms with Gasteiger partial charge in [0.25, 0.3) is 0 Å². The minimum absolute atomic E-state index is 0.864. The van der Waals surface area contributed by atoms with Crippen LogP contribution in [0.4, 0.5) is 4.79 Å². The predicted molar refractivity (Wildman–Crippen MR) is 105 cm³/mol. The second-order valence-corrected chi connectivity index (χ2v) is 8.89. The van der Waals surface area contributed by atoms with Crippen molar-refractivity contribution >= 4 is 16.5 Å². The SMILES string of the molecule is Cc1cc(C)c(S(OC(=O)O)(c2ccccc2)c2ccccc2)c(C)c1. The first-order valence-electron chi connectivity index (χ1n) is 8.39. The number of rotatable bonds is 4. The average Bonchev–Trinajstić information content (AvgIpc) is 2.61. The van der Waals surface area contributed by atoms with Crippen LogP contribution in [0.2, 0.25) is 0 Å². The van der Waals surface area contributed by atoms with Gasteiger partial charge in [-0.3, -0.25) is 0 Å². The van der Waals surface area contributed by atoms with Gasteiger partial charge in [-0.15, -0.1) is 0 Å². The van der Waals surface area contributed by atoms with Gasteiger partial charge in [0.15, 0.2) is 0 Å². The summed E-state index contributed by atoms with van der Waals surface area (Å²) in [6, 6.07) is 23.5. The van der Waals surface area contributed by atoms with Gasteiger partial charge in [-0.05, 0) is 66.5 Å². The Balaban J connectivity index is 2.44. The molecule has 26 heavy (non-hydrogen) atoms. The minimum Gasteiger partial charge on any atom is -0.449 e. The van der Waals surface area contributed by atoms with Gasteiger partial charge in [0.05, 0.1) is 0 Å². The maximum Gasteiger partial charge on any atom is 0.517 e. The van der Waals surface area contributed by atoms with Crippen LogP contribution >= 0.6 is 10.3 Å². The van der Waals surface area contributed by atoms with E-state index in [4.69, 9.17) is 4.18 Å². The minimum atomic E-state index is -2.41. The van der Waals surface area contributed by atoms with E-state index < -0.39 is 16.5 Å². The lowest BCUT2D eigenvalue weighted by Gasteiger charge is -2.40. The Morgan fingerprint density at radius 3 is 1.62 bits per heavy atom. The highest BCUT2D eigenvalue weighted by Gasteiger charge is 2.38. The molecule has 3 aromatic rings. The van der Waals surface area contributed by atoms with E-state index in [1.165, 1.54) is 0 Å². The van der Waals surface area contributed by atoms with Crippen LogP contribution in [0, 0.1) is 20.8 Å². The molecule has 0 saturated heterocycles. The molecule has 0 unspecified atom stereocenters. The first-order valence-corrected chi connectivity index (χ1v) is 9.95. The van der Waals surface area contributed by atoms with Gasteiger partial charge in [-0.1, -0.05) is 54.1 Å². The van der Waals surface area contributed by atoms with Crippen molar-refractivity contribution in [1.29, 1.82) is 0 Å². The number of aryl methyl sites for hydroxylation is 3. The first kappa shape index (κ1) is 18.1. The Bertz CT molecular complexity index is 858. The standard InChI is InChI=1S/C22H22O3S/c1-16-14-17(2)21(18(3)15-16)26(25-22(23)24,19-10-6-4-7-11-19)20-12-8-5-9-13-20/h4-15H,1-3H3,(H,23,24). The Labute approximate surface area is 155 Å². The fourth-order valence-corrected chi connectivity index (χ4v) is 6.80. The van der Waals surface area contributed by atoms with Crippen molar-refractivity contribution in [3.8, 4) is 0 Å². The van der Waals surface area contributed by atoms with E-state index >= 15 is 0 Å². The quantitative estimate of drug-likeness (QED) is 0.573. The lowest BCUT2D eigenvalue weighted by atomic mass is 10.1. The zero-order valence-corrected chi connectivity index (χ0v) is 15.9. The van der Waals surface area contributed by atoms with Gasteiger partial charge in [-0.25, -0.2) is 4.79 Å². The van der Waals surface area contributed by atoms with E-state index in [0.717, 1.165) is 31.4 Å². The molecule has 3 aromatic carbocycles. The van der Waals surface area contributed by atoms with Crippen LogP contribution in [-0.2, 0) is 4.18 Å². The summed E-state index contributed by atoms with van der Waals surface area (Å²) >= 11 is 0. The topological polar surface area (TPSA) is 46.5 Å². The lowest BCUT2D eigenvalue weighted by molar-refractivity contribution is 0.150. The molecule has 3 nitrogen and oxygen atoms in total. The molecule has 3 rings (SSSR count). The second-order valence-electron chi connectivity index (χ2n) is 6.26. The van der Waals surface area contributed by atoms with Crippen molar-refractivity contribution in [2.75, 3.05) is 0 Å². The summed E-state index contributed by atoms with van der Waals surface area (Å²) < 4.78 is 5.80. The largest absolute Gasteiger partial charge is 0.517 e. The number of hydrogen-bond acceptors (Lipinski definition) is 2. The van der Waals surface area contributed by atoms with Gasteiger partial charge < -0.3 is 9.29 Å². The van der Waals surface area contributed by atoms with Crippen LogP contribution in [0.25, 0.3) is 0 Å². The summed E-state index contributed by atoms with van der Waals surface area (Å²) in [5.74, 6) is 0. The maximum atomic E-state index is 11.8. The van der Waals surface area contributed by atoms with Crippen molar-refractivity contribution < 1.29 is 14.1 Å². The zero-order valence-electron chi connectivity index (χ0n) is 15.1. The number of benzene rings is 3. The Morgan fingerprint density at radius 1 is 0.808 bits per heavy atom. The van der Waals surface area contributed by atoms with Crippen LogP contribution in [0.3, 0.4) is 0 Å². The normalized spacial score (nSPS) is 11.8. The zero-order chi connectivity index (χ0) is 18.7. The van der Waals surface area contributed by atoms with Crippen LogP contribution in [0.15, 0.2) is 87.5 Å². The molecular weight excluding hydrogens is 344 g/mol. The van der Waals surface area contributed by atoms with Gasteiger partial charge >= 0.3 is 6.16 Å². The van der Waals surface area contributed by atoms with Crippen molar-refractivity contribution in [1.82, 2.24) is 0 Å². The van der Waals surface area contributed by atoms with Crippen LogP contribution in [-0.4, -0.2) is 11.3 Å². The molecule has 0 aliphatic rings. The van der Waals surface area contributed by atoms with Crippen LogP contribution < -0.4 is 0 Å². The highest BCUT2D eigenvalue weighted by atomic mass is 32.3. The van der Waals surface area contributed by atoms with Crippen molar-refractivity contribution in [3.05, 3.63) is 89.5 Å². The van der Waals surface area contributed by atoms with E-state index in [0.29, 0.717) is 0 Å². The lowest BCUT2D eigenvalue weighted by Crippen LogP contribution is -2.14. The molecule has 0 atom stereocenters. The van der Waals surface area contributed by atoms with Gasteiger partial charge in [0.1, 0.15) is 0 Å². The Hall–Kier alpha value is -2.72. The third-order valence-electron chi connectivity index (χ3n) is 4.24.